The van der Waals surface area contributed by atoms with Crippen LogP contribution < -0.4 is 4.90 Å². The minimum atomic E-state index is 0.502. The highest BCUT2D eigenvalue weighted by molar-refractivity contribution is 5.66. The lowest BCUT2D eigenvalue weighted by molar-refractivity contribution is 0.967. The monoisotopic (exact) mass is 164 g/mol. The van der Waals surface area contributed by atoms with E-state index in [2.05, 4.69) is 5.18 Å². The van der Waals surface area contributed by atoms with Gasteiger partial charge >= 0.3 is 0 Å². The van der Waals surface area contributed by atoms with Gasteiger partial charge in [-0.2, -0.15) is 0 Å². The number of benzene rings is 1. The Morgan fingerprint density at radius 1 is 1.42 bits per heavy atom. The van der Waals surface area contributed by atoms with Crippen LogP contribution in [0.5, 0.6) is 0 Å². The van der Waals surface area contributed by atoms with Crippen molar-refractivity contribution in [2.24, 2.45) is 5.18 Å². The summed E-state index contributed by atoms with van der Waals surface area (Å²) in [7, 11) is 1.93. The van der Waals surface area contributed by atoms with E-state index < -0.39 is 0 Å². The van der Waals surface area contributed by atoms with Crippen molar-refractivity contribution in [2.75, 3.05) is 18.5 Å². The zero-order valence-corrected chi connectivity index (χ0v) is 7.32. The van der Waals surface area contributed by atoms with Gasteiger partial charge in [0.1, 0.15) is 5.69 Å². The molecular formula is C9H12N2O. The fourth-order valence-electron chi connectivity index (χ4n) is 1.03. The molecule has 0 aromatic heterocycles. The fraction of sp³-hybridized carbons (Fsp3) is 0.333. The Labute approximate surface area is 72.0 Å². The second-order valence-corrected chi connectivity index (χ2v) is 2.59. The maximum atomic E-state index is 10.4. The highest BCUT2D eigenvalue weighted by atomic mass is 16.3. The van der Waals surface area contributed by atoms with E-state index in [1.54, 1.807) is 6.07 Å². The second-order valence-electron chi connectivity index (χ2n) is 2.59. The molecule has 3 heteroatoms. The molecule has 0 radical (unpaired) electrons. The Morgan fingerprint density at radius 2 is 2.08 bits per heavy atom. The molecule has 0 bridgehead atoms. The first-order valence-electron chi connectivity index (χ1n) is 3.93. The van der Waals surface area contributed by atoms with Crippen molar-refractivity contribution in [1.82, 2.24) is 0 Å². The van der Waals surface area contributed by atoms with Crippen molar-refractivity contribution >= 4 is 11.4 Å². The van der Waals surface area contributed by atoms with Crippen molar-refractivity contribution in [1.29, 1.82) is 0 Å². The largest absolute Gasteiger partial charge is 0.373 e. The molecule has 0 heterocycles. The molecule has 0 amide bonds. The van der Waals surface area contributed by atoms with Crippen molar-refractivity contribution < 1.29 is 0 Å². The third kappa shape index (κ3) is 1.61. The molecule has 0 N–H and O–H groups in total. The number of nitrogens with zero attached hydrogens (tertiary/aromatic N) is 2. The summed E-state index contributed by atoms with van der Waals surface area (Å²) in [6.45, 7) is 2.90. The van der Waals surface area contributed by atoms with Crippen LogP contribution >= 0.6 is 0 Å². The summed E-state index contributed by atoms with van der Waals surface area (Å²) in [5.74, 6) is 0. The van der Waals surface area contributed by atoms with Gasteiger partial charge in [0.25, 0.3) is 0 Å². The van der Waals surface area contributed by atoms with Gasteiger partial charge in [0, 0.05) is 13.6 Å². The Bertz CT molecular complexity index is 273. The van der Waals surface area contributed by atoms with Gasteiger partial charge in [-0.05, 0) is 24.2 Å². The first kappa shape index (κ1) is 8.71. The van der Waals surface area contributed by atoms with E-state index in [1.165, 1.54) is 0 Å². The normalized spacial score (nSPS) is 9.50. The highest BCUT2D eigenvalue weighted by Crippen LogP contribution is 2.26. The van der Waals surface area contributed by atoms with Gasteiger partial charge in [-0.15, -0.1) is 4.91 Å². The first-order valence-corrected chi connectivity index (χ1v) is 3.93. The number of hydrogen-bond donors (Lipinski definition) is 0. The zero-order valence-electron chi connectivity index (χ0n) is 7.32. The molecule has 0 aliphatic rings. The molecule has 0 unspecified atom stereocenters. The topological polar surface area (TPSA) is 32.7 Å². The number of hydrogen-bond acceptors (Lipinski definition) is 3. The first-order chi connectivity index (χ1) is 5.79. The van der Waals surface area contributed by atoms with Crippen LogP contribution in [0.1, 0.15) is 6.92 Å². The maximum absolute atomic E-state index is 10.4. The van der Waals surface area contributed by atoms with Gasteiger partial charge in [-0.1, -0.05) is 12.1 Å². The van der Waals surface area contributed by atoms with Crippen molar-refractivity contribution in [3.63, 3.8) is 0 Å². The van der Waals surface area contributed by atoms with Crippen molar-refractivity contribution in [2.45, 2.75) is 6.92 Å². The van der Waals surface area contributed by atoms with Gasteiger partial charge < -0.3 is 4.90 Å². The van der Waals surface area contributed by atoms with Crippen LogP contribution in [0.15, 0.2) is 29.4 Å². The lowest BCUT2D eigenvalue weighted by Crippen LogP contribution is -2.15. The summed E-state index contributed by atoms with van der Waals surface area (Å²) in [5, 5.41) is 2.95. The van der Waals surface area contributed by atoms with Crippen molar-refractivity contribution in [3.8, 4) is 0 Å². The summed E-state index contributed by atoms with van der Waals surface area (Å²) in [4.78, 5) is 12.4. The summed E-state index contributed by atoms with van der Waals surface area (Å²) in [5.41, 5.74) is 1.39. The maximum Gasteiger partial charge on any atom is 0.131 e. The van der Waals surface area contributed by atoms with E-state index in [-0.39, 0.29) is 0 Å². The fourth-order valence-corrected chi connectivity index (χ4v) is 1.03. The molecule has 3 nitrogen and oxygen atoms in total. The number of nitroso groups, excluding NO2 is 1. The number of para-hydroxylation sites is 1. The van der Waals surface area contributed by atoms with Crippen LogP contribution in [0, 0.1) is 4.91 Å². The molecule has 0 aliphatic heterocycles. The van der Waals surface area contributed by atoms with E-state index >= 15 is 0 Å². The molecule has 64 valence electrons. The molecule has 0 saturated carbocycles. The van der Waals surface area contributed by atoms with Gasteiger partial charge in [0.15, 0.2) is 0 Å². The predicted molar refractivity (Wildman–Crippen MR) is 50.8 cm³/mol. The third-order valence-electron chi connectivity index (χ3n) is 1.87. The Balaban J connectivity index is 3.04. The van der Waals surface area contributed by atoms with Crippen LogP contribution in [0.3, 0.4) is 0 Å². The van der Waals surface area contributed by atoms with E-state index in [1.807, 2.05) is 37.1 Å². The Hall–Kier alpha value is -1.38. The Kier molecular flexibility index (Phi) is 2.80. The number of anilines is 1. The predicted octanol–water partition coefficient (Wildman–Crippen LogP) is 2.54. The van der Waals surface area contributed by atoms with Gasteiger partial charge in [-0.3, -0.25) is 0 Å². The average Bonchev–Trinajstić information content (AvgIpc) is 2.16. The minimum Gasteiger partial charge on any atom is -0.373 e. The smallest absolute Gasteiger partial charge is 0.131 e. The summed E-state index contributed by atoms with van der Waals surface area (Å²) in [6.07, 6.45) is 0. The standard InChI is InChI=1S/C9H12N2O/c1-3-11(2)9-7-5-4-6-8(9)10-12/h4-7H,3H2,1-2H3. The zero-order chi connectivity index (χ0) is 8.97. The number of rotatable bonds is 3. The van der Waals surface area contributed by atoms with Gasteiger partial charge in [0.2, 0.25) is 0 Å². The second kappa shape index (κ2) is 3.85. The Morgan fingerprint density at radius 3 is 2.67 bits per heavy atom. The minimum absolute atomic E-state index is 0.502. The van der Waals surface area contributed by atoms with Gasteiger partial charge in [-0.25, -0.2) is 0 Å². The van der Waals surface area contributed by atoms with E-state index in [4.69, 9.17) is 0 Å². The van der Waals surface area contributed by atoms with Crippen molar-refractivity contribution in [3.05, 3.63) is 29.2 Å². The van der Waals surface area contributed by atoms with Gasteiger partial charge in [0.05, 0.1) is 5.69 Å². The van der Waals surface area contributed by atoms with E-state index in [0.29, 0.717) is 5.69 Å². The molecule has 0 spiro atoms. The van der Waals surface area contributed by atoms with E-state index in [0.717, 1.165) is 12.2 Å². The third-order valence-corrected chi connectivity index (χ3v) is 1.87. The lowest BCUT2D eigenvalue weighted by atomic mass is 10.2. The lowest BCUT2D eigenvalue weighted by Gasteiger charge is -2.17. The summed E-state index contributed by atoms with van der Waals surface area (Å²) >= 11 is 0. The molecular weight excluding hydrogens is 152 g/mol. The quantitative estimate of drug-likeness (QED) is 0.643. The molecule has 1 aromatic carbocycles. The van der Waals surface area contributed by atoms with Crippen LogP contribution in [0.25, 0.3) is 0 Å². The van der Waals surface area contributed by atoms with Crippen LogP contribution in [0.4, 0.5) is 11.4 Å². The SMILES string of the molecule is CCN(C)c1ccccc1N=O. The van der Waals surface area contributed by atoms with Crippen LogP contribution in [0.2, 0.25) is 0 Å². The highest BCUT2D eigenvalue weighted by Gasteiger charge is 2.03. The molecule has 0 aliphatic carbocycles. The summed E-state index contributed by atoms with van der Waals surface area (Å²) < 4.78 is 0. The van der Waals surface area contributed by atoms with Crippen LogP contribution in [-0.2, 0) is 0 Å². The molecule has 0 fully saturated rings. The molecule has 12 heavy (non-hydrogen) atoms. The molecule has 1 rings (SSSR count). The average molecular weight is 164 g/mol. The molecule has 1 aromatic rings. The van der Waals surface area contributed by atoms with E-state index in [9.17, 15) is 4.91 Å². The molecule has 0 atom stereocenters. The van der Waals surface area contributed by atoms with Crippen LogP contribution in [-0.4, -0.2) is 13.6 Å². The summed E-state index contributed by atoms with van der Waals surface area (Å²) in [6, 6.07) is 7.31. The molecule has 0 saturated heterocycles.